The van der Waals surface area contributed by atoms with E-state index in [2.05, 4.69) is 214 Å². The molecule has 4 aromatic rings. The maximum absolute atomic E-state index is 11.4. The van der Waals surface area contributed by atoms with E-state index in [1.165, 1.54) is 0 Å². The summed E-state index contributed by atoms with van der Waals surface area (Å²) in [5.74, 6) is 14.1. The topological polar surface area (TPSA) is 118 Å². The maximum Gasteiger partial charge on any atom is 0.123 e. The summed E-state index contributed by atoms with van der Waals surface area (Å²) in [6.07, 6.45) is 13.4. The van der Waals surface area contributed by atoms with Gasteiger partial charge in [-0.05, 0) is 110 Å². The molecule has 0 atom stereocenters. The second-order valence-corrected chi connectivity index (χ2v) is 30.6. The fraction of sp³-hybridized carbons (Fsp3) is 0.562. The van der Waals surface area contributed by atoms with Crippen LogP contribution in [-0.4, -0.2) is 46.9 Å². The average Bonchev–Trinajstić information content (AvgIpc) is 3.29. The van der Waals surface area contributed by atoms with Crippen LogP contribution in [0.5, 0.6) is 23.0 Å². The van der Waals surface area contributed by atoms with Gasteiger partial charge in [0.25, 0.3) is 0 Å². The van der Waals surface area contributed by atoms with E-state index in [1.807, 2.05) is 48.5 Å². The number of hydrogen-bond acceptors (Lipinski definition) is 8. The normalized spacial score (nSPS) is 12.6. The summed E-state index contributed by atoms with van der Waals surface area (Å²) in [6, 6.07) is 16.2. The molecule has 0 spiro atoms. The Labute approximate surface area is 490 Å². The quantitative estimate of drug-likeness (QED) is 0.104. The Bertz CT molecular complexity index is 2550. The molecule has 4 rings (SSSR count). The number of rotatable bonds is 12. The Balaban J connectivity index is 1.80. The SMILES string of the molecule is CC(C)(C)c1cc(CC#COCC(COC#CCc2cc(C(C)(C)C)c(O)c(C(C)(C)C)c2)(COC#CCc2cc(C(C)(C)C)c(O)c(C(C)(C)C)c2)COC#CCc2cc(C(C)(C)C)c(O)c(C(C)(C)C)c2)cc(C(C)(C)C)c1O. The molecule has 0 saturated heterocycles. The van der Waals surface area contributed by atoms with Crippen LogP contribution in [-0.2, 0) is 88.0 Å². The molecule has 440 valence electrons. The largest absolute Gasteiger partial charge is 0.507 e. The van der Waals surface area contributed by atoms with Crippen LogP contribution in [0.25, 0.3) is 0 Å². The van der Waals surface area contributed by atoms with Crippen LogP contribution in [0.1, 0.15) is 233 Å². The van der Waals surface area contributed by atoms with Gasteiger partial charge in [0.15, 0.2) is 0 Å². The lowest BCUT2D eigenvalue weighted by Gasteiger charge is -2.28. The standard InChI is InChI=1S/C73H100O8/c1-65(2,3)53-37-49(38-54(61(53)74)66(4,5)6)29-25-33-78-45-73(46-79-34-26-30-50-39-55(67(7,8)9)62(75)56(40-50)68(10,11)12,47-80-35-27-31-51-41-57(69(13,14)15)63(76)58(42-51)70(16,17)18)48-81-36-28-32-52-43-59(71(19,20)21)64(77)60(44-52)72(22,23)24/h37-44,74-77H,29-32,45-48H2,1-24H3. The molecule has 8 heteroatoms. The van der Waals surface area contributed by atoms with Gasteiger partial charge in [0.05, 0.1) is 0 Å². The second kappa shape index (κ2) is 25.3. The molecular weight excluding hydrogens is 1000 g/mol. The third kappa shape index (κ3) is 18.8. The van der Waals surface area contributed by atoms with E-state index in [9.17, 15) is 20.4 Å². The average molecular weight is 1110 g/mol. The van der Waals surface area contributed by atoms with Crippen molar-refractivity contribution < 1.29 is 39.4 Å². The molecule has 0 aromatic heterocycles. The van der Waals surface area contributed by atoms with Crippen molar-refractivity contribution in [1.29, 1.82) is 0 Å². The molecule has 0 radical (unpaired) electrons. The van der Waals surface area contributed by atoms with Crippen molar-refractivity contribution in [3.05, 3.63) is 115 Å². The van der Waals surface area contributed by atoms with E-state index in [4.69, 9.17) is 18.9 Å². The molecule has 0 heterocycles. The summed E-state index contributed by atoms with van der Waals surface area (Å²) in [5.41, 5.74) is 7.37. The molecule has 81 heavy (non-hydrogen) atoms. The zero-order valence-corrected chi connectivity index (χ0v) is 54.2. The number of phenols is 4. The lowest BCUT2D eigenvalue weighted by molar-refractivity contribution is -0.0330. The van der Waals surface area contributed by atoms with Crippen LogP contribution in [0.3, 0.4) is 0 Å². The van der Waals surface area contributed by atoms with E-state index in [1.54, 1.807) is 0 Å². The van der Waals surface area contributed by atoms with Crippen LogP contribution in [0, 0.1) is 53.5 Å². The van der Waals surface area contributed by atoms with Crippen LogP contribution in [0.4, 0.5) is 0 Å². The lowest BCUT2D eigenvalue weighted by Crippen LogP contribution is -2.40. The van der Waals surface area contributed by atoms with Gasteiger partial charge in [0.1, 0.15) is 79.3 Å². The van der Waals surface area contributed by atoms with E-state index in [0.717, 1.165) is 66.8 Å². The number of ether oxygens (including phenoxy) is 4. The van der Waals surface area contributed by atoms with Crippen LogP contribution in [0.15, 0.2) is 48.5 Å². The van der Waals surface area contributed by atoms with Crippen molar-refractivity contribution in [1.82, 2.24) is 0 Å². The Hall–Kier alpha value is -6.48. The summed E-state index contributed by atoms with van der Waals surface area (Å²) < 4.78 is 25.0. The van der Waals surface area contributed by atoms with Gasteiger partial charge >= 0.3 is 0 Å². The first-order chi connectivity index (χ1) is 36.9. The first-order valence-electron chi connectivity index (χ1n) is 28.7. The third-order valence-corrected chi connectivity index (χ3v) is 14.4. The van der Waals surface area contributed by atoms with E-state index < -0.39 is 5.41 Å². The molecule has 0 fully saturated rings. The number of hydrogen-bond donors (Lipinski definition) is 4. The van der Waals surface area contributed by atoms with E-state index in [-0.39, 0.29) is 69.7 Å². The van der Waals surface area contributed by atoms with Gasteiger partial charge in [-0.2, -0.15) is 0 Å². The summed E-state index contributed by atoms with van der Waals surface area (Å²) in [6.45, 7) is 50.2. The molecule has 0 bridgehead atoms. The van der Waals surface area contributed by atoms with Gasteiger partial charge in [0.2, 0.25) is 0 Å². The highest BCUT2D eigenvalue weighted by atomic mass is 16.5. The van der Waals surface area contributed by atoms with E-state index >= 15 is 0 Å². The van der Waals surface area contributed by atoms with Gasteiger partial charge in [-0.3, -0.25) is 0 Å². The van der Waals surface area contributed by atoms with E-state index in [0.29, 0.717) is 48.7 Å². The van der Waals surface area contributed by atoms with Crippen molar-refractivity contribution in [2.24, 2.45) is 5.41 Å². The fourth-order valence-corrected chi connectivity index (χ4v) is 9.52. The maximum atomic E-state index is 11.4. The molecular formula is C73H100O8. The van der Waals surface area contributed by atoms with Crippen molar-refractivity contribution in [3.63, 3.8) is 0 Å². The van der Waals surface area contributed by atoms with Gasteiger partial charge in [0, 0.05) is 25.7 Å². The summed E-state index contributed by atoms with van der Waals surface area (Å²) >= 11 is 0. The first-order valence-corrected chi connectivity index (χ1v) is 28.7. The third-order valence-electron chi connectivity index (χ3n) is 14.4. The number of benzene rings is 4. The number of phenolic OH excluding ortho intramolecular Hbond substituents is 4. The molecule has 8 nitrogen and oxygen atoms in total. The highest BCUT2D eigenvalue weighted by molar-refractivity contribution is 5.54. The predicted molar refractivity (Wildman–Crippen MR) is 334 cm³/mol. The first kappa shape index (κ1) is 67.0. The molecule has 4 aromatic carbocycles. The monoisotopic (exact) mass is 1100 g/mol. The van der Waals surface area contributed by atoms with Gasteiger partial charge in [-0.25, -0.2) is 0 Å². The minimum atomic E-state index is -1.03. The molecule has 0 aliphatic heterocycles. The highest BCUT2D eigenvalue weighted by Gasteiger charge is 2.36. The smallest absolute Gasteiger partial charge is 0.123 e. The van der Waals surface area contributed by atoms with Crippen molar-refractivity contribution >= 4 is 0 Å². The van der Waals surface area contributed by atoms with Gasteiger partial charge in [-0.15, -0.1) is 0 Å². The Morgan fingerprint density at radius 2 is 0.395 bits per heavy atom. The zero-order chi connectivity index (χ0) is 61.5. The molecule has 4 N–H and O–H groups in total. The van der Waals surface area contributed by atoms with Crippen LogP contribution < -0.4 is 0 Å². The van der Waals surface area contributed by atoms with Crippen molar-refractivity contribution in [2.45, 2.75) is 235 Å². The van der Waals surface area contributed by atoms with Crippen molar-refractivity contribution in [2.75, 3.05) is 26.4 Å². The Morgan fingerprint density at radius 3 is 0.519 bits per heavy atom. The second-order valence-electron chi connectivity index (χ2n) is 30.6. The van der Waals surface area contributed by atoms with Crippen LogP contribution >= 0.6 is 0 Å². The fourth-order valence-electron chi connectivity index (χ4n) is 9.52. The summed E-state index contributed by atoms with van der Waals surface area (Å²) in [4.78, 5) is 0. The molecule has 0 amide bonds. The molecule has 0 aliphatic carbocycles. The highest BCUT2D eigenvalue weighted by Crippen LogP contribution is 2.44. The minimum Gasteiger partial charge on any atom is -0.507 e. The summed E-state index contributed by atoms with van der Waals surface area (Å²) in [7, 11) is 0. The zero-order valence-electron chi connectivity index (χ0n) is 54.2. The molecule has 0 unspecified atom stereocenters. The Kier molecular flexibility index (Phi) is 21.0. The minimum absolute atomic E-state index is 0.00659. The van der Waals surface area contributed by atoms with Crippen molar-refractivity contribution in [3.8, 4) is 71.1 Å². The molecule has 0 aliphatic rings. The number of aromatic hydroxyl groups is 4. The Morgan fingerprint density at radius 1 is 0.259 bits per heavy atom. The van der Waals surface area contributed by atoms with Gasteiger partial charge in [-0.1, -0.05) is 238 Å². The summed E-state index contributed by atoms with van der Waals surface area (Å²) in [5, 5.41) is 45.6. The molecule has 0 saturated carbocycles. The van der Waals surface area contributed by atoms with Crippen LogP contribution in [0.2, 0.25) is 0 Å². The predicted octanol–water partition coefficient (Wildman–Crippen LogP) is 16.1. The van der Waals surface area contributed by atoms with Gasteiger partial charge < -0.3 is 39.4 Å². The lowest BCUT2D eigenvalue weighted by atomic mass is 9.78.